The number of halogens is 7. The predicted molar refractivity (Wildman–Crippen MR) is 107 cm³/mol. The zero-order chi connectivity index (χ0) is 23.3. The average molecular weight is 493 g/mol. The highest BCUT2D eigenvalue weighted by Gasteiger charge is 2.62. The van der Waals surface area contributed by atoms with Crippen LogP contribution in [0.5, 0.6) is 0 Å². The van der Waals surface area contributed by atoms with E-state index in [1.54, 1.807) is 0 Å². The van der Waals surface area contributed by atoms with Gasteiger partial charge in [0.2, 0.25) is 5.91 Å². The summed E-state index contributed by atoms with van der Waals surface area (Å²) >= 11 is 11.4. The van der Waals surface area contributed by atoms with E-state index in [0.717, 1.165) is 31.0 Å². The van der Waals surface area contributed by atoms with Crippen molar-refractivity contribution in [3.05, 3.63) is 68.7 Å². The molecule has 2 aromatic rings. The molecule has 0 spiro atoms. The predicted octanol–water partition coefficient (Wildman–Crippen LogP) is 5.88. The summed E-state index contributed by atoms with van der Waals surface area (Å²) in [6, 6.07) is 5.23. The smallest absolute Gasteiger partial charge is 0.374 e. The van der Waals surface area contributed by atoms with Crippen LogP contribution in [0.15, 0.2) is 35.5 Å². The number of carbonyl (C=O) groups is 1. The van der Waals surface area contributed by atoms with Gasteiger partial charge < -0.3 is 10.2 Å². The molecule has 11 heteroatoms. The molecule has 2 aromatic carbocycles. The Labute approximate surface area is 189 Å². The van der Waals surface area contributed by atoms with Crippen molar-refractivity contribution in [3.63, 3.8) is 0 Å². The van der Waals surface area contributed by atoms with Crippen molar-refractivity contribution in [1.82, 2.24) is 5.32 Å². The van der Waals surface area contributed by atoms with Gasteiger partial charge in [0.1, 0.15) is 5.82 Å². The van der Waals surface area contributed by atoms with Crippen LogP contribution in [-0.2, 0) is 21.8 Å². The van der Waals surface area contributed by atoms with E-state index in [0.29, 0.717) is 0 Å². The van der Waals surface area contributed by atoms with Crippen LogP contribution in [0, 0.1) is 17.6 Å². The number of carbonyl (C=O) groups excluding carboxylic acids is 1. The molecular weight excluding hydrogens is 478 g/mol. The number of benzene rings is 2. The molecule has 0 bridgehead atoms. The van der Waals surface area contributed by atoms with Crippen molar-refractivity contribution in [2.45, 2.75) is 37.6 Å². The van der Waals surface area contributed by atoms with E-state index >= 15 is 0 Å². The standard InChI is InChI=1S/C21H15Cl2F5N2O2/c22-14-6-13(7-15(23)18(14)25)20(21(26,27)28)8-17(30-32-20)11-3-4-16(24)12(5-11)9-29-19(31)10-1-2-10/h3-7,10H,1-2,8-9H2,(H,29,31). The highest BCUT2D eigenvalue weighted by Crippen LogP contribution is 2.50. The molecule has 1 amide bonds. The van der Waals surface area contributed by atoms with E-state index in [4.69, 9.17) is 28.0 Å². The van der Waals surface area contributed by atoms with Gasteiger partial charge >= 0.3 is 6.18 Å². The van der Waals surface area contributed by atoms with Crippen LogP contribution < -0.4 is 5.32 Å². The number of oxime groups is 1. The van der Waals surface area contributed by atoms with Gasteiger partial charge in [0.25, 0.3) is 5.60 Å². The van der Waals surface area contributed by atoms with Crippen LogP contribution >= 0.6 is 23.2 Å². The van der Waals surface area contributed by atoms with Gasteiger partial charge in [-0.15, -0.1) is 0 Å². The summed E-state index contributed by atoms with van der Waals surface area (Å²) in [7, 11) is 0. The first-order chi connectivity index (χ1) is 15.0. The molecule has 1 heterocycles. The molecule has 1 saturated carbocycles. The van der Waals surface area contributed by atoms with E-state index < -0.39 is 45.4 Å². The van der Waals surface area contributed by atoms with Crippen LogP contribution in [0.2, 0.25) is 10.0 Å². The molecule has 1 fully saturated rings. The number of hydrogen-bond acceptors (Lipinski definition) is 3. The summed E-state index contributed by atoms with van der Waals surface area (Å²) in [4.78, 5) is 16.7. The zero-order valence-corrected chi connectivity index (χ0v) is 17.7. The molecule has 1 unspecified atom stereocenters. The van der Waals surface area contributed by atoms with Gasteiger partial charge in [0.15, 0.2) is 5.82 Å². The molecule has 170 valence electrons. The van der Waals surface area contributed by atoms with E-state index in [1.807, 2.05) is 0 Å². The molecule has 32 heavy (non-hydrogen) atoms. The first kappa shape index (κ1) is 22.8. The van der Waals surface area contributed by atoms with Gasteiger partial charge in [-0.05, 0) is 37.1 Å². The maximum atomic E-state index is 14.2. The lowest BCUT2D eigenvalue weighted by atomic mass is 9.86. The van der Waals surface area contributed by atoms with Crippen LogP contribution in [0.4, 0.5) is 22.0 Å². The number of hydrogen-bond donors (Lipinski definition) is 1. The monoisotopic (exact) mass is 492 g/mol. The van der Waals surface area contributed by atoms with E-state index in [9.17, 15) is 26.7 Å². The quantitative estimate of drug-likeness (QED) is 0.418. The number of amides is 1. The first-order valence-electron chi connectivity index (χ1n) is 9.55. The second-order valence-electron chi connectivity index (χ2n) is 7.68. The SMILES string of the molecule is O=C(NCc1cc(C2=NOC(c3cc(Cl)c(F)c(Cl)c3)(C(F)(F)F)C2)ccc1F)C1CC1. The molecule has 0 radical (unpaired) electrons. The minimum Gasteiger partial charge on any atom is -0.374 e. The van der Waals surface area contributed by atoms with Gasteiger partial charge in [0, 0.05) is 35.6 Å². The normalized spacial score (nSPS) is 20.7. The van der Waals surface area contributed by atoms with Crippen LogP contribution in [0.1, 0.15) is 36.0 Å². The van der Waals surface area contributed by atoms with Crippen molar-refractivity contribution in [2.24, 2.45) is 11.1 Å². The van der Waals surface area contributed by atoms with Crippen molar-refractivity contribution < 1.29 is 31.6 Å². The maximum Gasteiger partial charge on any atom is 0.435 e. The van der Waals surface area contributed by atoms with Gasteiger partial charge in [-0.2, -0.15) is 13.2 Å². The maximum absolute atomic E-state index is 14.2. The lowest BCUT2D eigenvalue weighted by Crippen LogP contribution is -2.42. The molecule has 2 aliphatic rings. The summed E-state index contributed by atoms with van der Waals surface area (Å²) in [6.45, 7) is -0.114. The molecule has 1 aliphatic heterocycles. The molecule has 1 atom stereocenters. The topological polar surface area (TPSA) is 50.7 Å². The van der Waals surface area contributed by atoms with Crippen molar-refractivity contribution in [1.29, 1.82) is 0 Å². The Kier molecular flexibility index (Phi) is 5.83. The number of rotatable bonds is 5. The van der Waals surface area contributed by atoms with Crippen molar-refractivity contribution in [3.8, 4) is 0 Å². The summed E-state index contributed by atoms with van der Waals surface area (Å²) in [5.74, 6) is -1.94. The summed E-state index contributed by atoms with van der Waals surface area (Å²) in [5, 5.41) is 5.02. The minimum absolute atomic E-state index is 0.0735. The second kappa shape index (κ2) is 8.19. The highest BCUT2D eigenvalue weighted by atomic mass is 35.5. The fourth-order valence-electron chi connectivity index (χ4n) is 3.41. The van der Waals surface area contributed by atoms with Crippen molar-refractivity contribution in [2.75, 3.05) is 0 Å². The first-order valence-corrected chi connectivity index (χ1v) is 10.3. The number of nitrogens with one attached hydrogen (secondary N) is 1. The summed E-state index contributed by atoms with van der Waals surface area (Å²) < 4.78 is 70.2. The molecule has 0 saturated heterocycles. The molecule has 1 aliphatic carbocycles. The largest absolute Gasteiger partial charge is 0.435 e. The molecule has 0 aromatic heterocycles. The molecule has 4 rings (SSSR count). The van der Waals surface area contributed by atoms with Crippen LogP contribution in [0.3, 0.4) is 0 Å². The second-order valence-corrected chi connectivity index (χ2v) is 8.50. The van der Waals surface area contributed by atoms with E-state index in [-0.39, 0.29) is 35.2 Å². The fourth-order valence-corrected chi connectivity index (χ4v) is 3.90. The Morgan fingerprint density at radius 1 is 1.16 bits per heavy atom. The van der Waals surface area contributed by atoms with Crippen molar-refractivity contribution >= 4 is 34.8 Å². The highest BCUT2D eigenvalue weighted by molar-refractivity contribution is 6.35. The van der Waals surface area contributed by atoms with Gasteiger partial charge in [-0.25, -0.2) is 8.78 Å². The molecule has 1 N–H and O–H groups in total. The van der Waals surface area contributed by atoms with Gasteiger partial charge in [0.05, 0.1) is 15.8 Å². The minimum atomic E-state index is -4.95. The third kappa shape index (κ3) is 4.15. The Morgan fingerprint density at radius 3 is 2.41 bits per heavy atom. The Hall–Kier alpha value is -2.39. The van der Waals surface area contributed by atoms with Gasteiger partial charge in [-0.3, -0.25) is 4.79 Å². The Morgan fingerprint density at radius 2 is 1.81 bits per heavy atom. The van der Waals surface area contributed by atoms with E-state index in [2.05, 4.69) is 10.5 Å². The number of nitrogens with zero attached hydrogens (tertiary/aromatic N) is 1. The van der Waals surface area contributed by atoms with Crippen LogP contribution in [-0.4, -0.2) is 17.8 Å². The lowest BCUT2D eigenvalue weighted by Gasteiger charge is -2.29. The average Bonchev–Trinajstić information content (AvgIpc) is 3.48. The van der Waals surface area contributed by atoms with E-state index in [1.165, 1.54) is 12.1 Å². The summed E-state index contributed by atoms with van der Waals surface area (Å²) in [5.41, 5.74) is -3.28. The zero-order valence-electron chi connectivity index (χ0n) is 16.2. The Bertz CT molecular complexity index is 1090. The third-order valence-corrected chi connectivity index (χ3v) is 5.97. The summed E-state index contributed by atoms with van der Waals surface area (Å²) in [6.07, 6.45) is -4.17. The molecule has 4 nitrogen and oxygen atoms in total. The van der Waals surface area contributed by atoms with Crippen LogP contribution in [0.25, 0.3) is 0 Å². The Balaban J connectivity index is 1.62. The number of alkyl halides is 3. The fraction of sp³-hybridized carbons (Fsp3) is 0.333. The van der Waals surface area contributed by atoms with Gasteiger partial charge in [-0.1, -0.05) is 34.4 Å². The lowest BCUT2D eigenvalue weighted by molar-refractivity contribution is -0.275. The third-order valence-electron chi connectivity index (χ3n) is 5.42. The molecular formula is C21H15Cl2F5N2O2.